The lowest BCUT2D eigenvalue weighted by molar-refractivity contribution is -0.137. The molecule has 0 aliphatic carbocycles. The van der Waals surface area contributed by atoms with Gasteiger partial charge in [-0.15, -0.1) is 0 Å². The molecule has 0 radical (unpaired) electrons. The van der Waals surface area contributed by atoms with Crippen molar-refractivity contribution in [1.29, 1.82) is 0 Å². The predicted molar refractivity (Wildman–Crippen MR) is 83.5 cm³/mol. The van der Waals surface area contributed by atoms with Gasteiger partial charge in [0.05, 0.1) is 11.5 Å². The van der Waals surface area contributed by atoms with E-state index in [1.54, 1.807) is 9.80 Å². The fourth-order valence-electron chi connectivity index (χ4n) is 3.53. The van der Waals surface area contributed by atoms with Crippen LogP contribution in [0.1, 0.15) is 24.8 Å². The molecule has 1 aromatic heterocycles. The highest BCUT2D eigenvalue weighted by molar-refractivity contribution is 5.88. The second-order valence-electron chi connectivity index (χ2n) is 6.44. The van der Waals surface area contributed by atoms with Crippen molar-refractivity contribution < 1.29 is 22.8 Å². The van der Waals surface area contributed by atoms with Gasteiger partial charge in [0.2, 0.25) is 11.8 Å². The van der Waals surface area contributed by atoms with Crippen LogP contribution in [0.25, 0.3) is 0 Å². The molecular formula is C16H19F3N4O2. The summed E-state index contributed by atoms with van der Waals surface area (Å²) in [5.41, 5.74) is 4.52. The van der Waals surface area contributed by atoms with E-state index in [1.807, 2.05) is 0 Å². The van der Waals surface area contributed by atoms with Crippen molar-refractivity contribution >= 4 is 17.6 Å². The van der Waals surface area contributed by atoms with Gasteiger partial charge in [0.25, 0.3) is 0 Å². The van der Waals surface area contributed by atoms with E-state index in [0.717, 1.165) is 6.07 Å². The summed E-state index contributed by atoms with van der Waals surface area (Å²) in [4.78, 5) is 30.5. The quantitative estimate of drug-likeness (QED) is 0.888. The Morgan fingerprint density at radius 1 is 1.28 bits per heavy atom. The first-order chi connectivity index (χ1) is 11.8. The molecule has 1 unspecified atom stereocenters. The van der Waals surface area contributed by atoms with Gasteiger partial charge in [-0.3, -0.25) is 9.59 Å². The number of likely N-dealkylation sites (tertiary alicyclic amines) is 1. The summed E-state index contributed by atoms with van der Waals surface area (Å²) in [6.07, 6.45) is -1.93. The lowest BCUT2D eigenvalue weighted by atomic mass is 10.0. The number of pyridine rings is 1. The predicted octanol–water partition coefficient (Wildman–Crippen LogP) is 1.40. The van der Waals surface area contributed by atoms with Crippen LogP contribution in [0.3, 0.4) is 0 Å². The Balaban J connectivity index is 1.67. The maximum absolute atomic E-state index is 13.1. The molecule has 9 heteroatoms. The molecule has 136 valence electrons. The van der Waals surface area contributed by atoms with Gasteiger partial charge in [-0.2, -0.15) is 13.2 Å². The number of carbonyl (C=O) groups is 2. The van der Waals surface area contributed by atoms with Crippen LogP contribution in [0, 0.1) is 5.92 Å². The van der Waals surface area contributed by atoms with Crippen molar-refractivity contribution in [3.8, 4) is 0 Å². The molecule has 1 aromatic rings. The Hall–Kier alpha value is -2.32. The van der Waals surface area contributed by atoms with Crippen molar-refractivity contribution in [1.82, 2.24) is 9.88 Å². The Kier molecular flexibility index (Phi) is 4.57. The van der Waals surface area contributed by atoms with Gasteiger partial charge in [0, 0.05) is 38.3 Å². The number of amides is 2. The molecule has 2 fully saturated rings. The molecule has 2 N–H and O–H groups in total. The maximum atomic E-state index is 13.1. The topological polar surface area (TPSA) is 79.5 Å². The Morgan fingerprint density at radius 2 is 1.96 bits per heavy atom. The summed E-state index contributed by atoms with van der Waals surface area (Å²) >= 11 is 0. The number of piperidine rings is 1. The number of aromatic nitrogens is 1. The zero-order chi connectivity index (χ0) is 18.2. The second kappa shape index (κ2) is 6.53. The third-order valence-corrected chi connectivity index (χ3v) is 4.86. The lowest BCUT2D eigenvalue weighted by Crippen LogP contribution is -2.46. The van der Waals surface area contributed by atoms with Crippen molar-refractivity contribution in [3.05, 3.63) is 23.9 Å². The molecule has 0 saturated carbocycles. The largest absolute Gasteiger partial charge is 0.419 e. The van der Waals surface area contributed by atoms with Gasteiger partial charge < -0.3 is 15.5 Å². The minimum atomic E-state index is -4.46. The normalized spacial score (nSPS) is 22.5. The molecule has 3 rings (SSSR count). The van der Waals surface area contributed by atoms with Gasteiger partial charge in [0.1, 0.15) is 5.82 Å². The molecule has 0 spiro atoms. The van der Waals surface area contributed by atoms with E-state index in [4.69, 9.17) is 5.73 Å². The minimum Gasteiger partial charge on any atom is -0.369 e. The lowest BCUT2D eigenvalue weighted by Gasteiger charge is -2.38. The first kappa shape index (κ1) is 17.5. The molecule has 2 amide bonds. The molecule has 6 nitrogen and oxygen atoms in total. The Bertz CT molecular complexity index is 672. The number of carbonyl (C=O) groups excluding carboxylic acids is 2. The monoisotopic (exact) mass is 356 g/mol. The number of primary amides is 1. The number of rotatable bonds is 3. The highest BCUT2D eigenvalue weighted by Crippen LogP contribution is 2.36. The van der Waals surface area contributed by atoms with Crippen LogP contribution in [0.5, 0.6) is 0 Å². The van der Waals surface area contributed by atoms with Crippen LogP contribution >= 0.6 is 0 Å². The van der Waals surface area contributed by atoms with Crippen LogP contribution in [-0.4, -0.2) is 47.4 Å². The van der Waals surface area contributed by atoms with Crippen molar-refractivity contribution in [2.24, 2.45) is 11.7 Å². The molecule has 3 heterocycles. The fraction of sp³-hybridized carbons (Fsp3) is 0.562. The Morgan fingerprint density at radius 3 is 2.52 bits per heavy atom. The standard InChI is InChI=1S/C16H19F3N4O2/c17-16(18,19)12-2-1-5-21-15(12)22-6-3-11(4-7-22)23-9-10(14(20)25)8-13(23)24/h1-2,5,10-11H,3-4,6-9H2,(H2,20,25). The van der Waals surface area contributed by atoms with E-state index in [1.165, 1.54) is 12.3 Å². The third-order valence-electron chi connectivity index (χ3n) is 4.86. The zero-order valence-corrected chi connectivity index (χ0v) is 13.5. The highest BCUT2D eigenvalue weighted by Gasteiger charge is 2.40. The van der Waals surface area contributed by atoms with Crippen molar-refractivity contribution in [2.45, 2.75) is 31.5 Å². The first-order valence-electron chi connectivity index (χ1n) is 8.13. The van der Waals surface area contributed by atoms with Gasteiger partial charge >= 0.3 is 6.18 Å². The minimum absolute atomic E-state index is 0.0730. The number of halogens is 3. The average Bonchev–Trinajstić information content (AvgIpc) is 2.96. The van der Waals surface area contributed by atoms with E-state index >= 15 is 0 Å². The maximum Gasteiger partial charge on any atom is 0.419 e. The summed E-state index contributed by atoms with van der Waals surface area (Å²) in [5.74, 6) is -1.15. The summed E-state index contributed by atoms with van der Waals surface area (Å²) in [6, 6.07) is 2.22. The van der Waals surface area contributed by atoms with Crippen LogP contribution in [0.15, 0.2) is 18.3 Å². The number of nitrogens with two attached hydrogens (primary N) is 1. The summed E-state index contributed by atoms with van der Waals surface area (Å²) < 4.78 is 39.4. The molecule has 0 aromatic carbocycles. The molecular weight excluding hydrogens is 337 g/mol. The summed E-state index contributed by atoms with van der Waals surface area (Å²) in [5, 5.41) is 0. The smallest absolute Gasteiger partial charge is 0.369 e. The molecule has 25 heavy (non-hydrogen) atoms. The van der Waals surface area contributed by atoms with Crippen molar-refractivity contribution in [3.63, 3.8) is 0 Å². The molecule has 2 saturated heterocycles. The first-order valence-corrected chi connectivity index (χ1v) is 8.13. The SMILES string of the molecule is NC(=O)C1CC(=O)N(C2CCN(c3ncccc3C(F)(F)F)CC2)C1. The van der Waals surface area contributed by atoms with Gasteiger partial charge in [-0.25, -0.2) is 4.98 Å². The number of hydrogen-bond donors (Lipinski definition) is 1. The van der Waals surface area contributed by atoms with Crippen LogP contribution in [-0.2, 0) is 15.8 Å². The molecule has 1 atom stereocenters. The third kappa shape index (κ3) is 3.54. The molecule has 0 bridgehead atoms. The van der Waals surface area contributed by atoms with Crippen molar-refractivity contribution in [2.75, 3.05) is 24.5 Å². The van der Waals surface area contributed by atoms with E-state index < -0.39 is 23.6 Å². The molecule has 2 aliphatic heterocycles. The average molecular weight is 356 g/mol. The van der Waals surface area contributed by atoms with E-state index in [2.05, 4.69) is 4.98 Å². The molecule has 2 aliphatic rings. The highest BCUT2D eigenvalue weighted by atomic mass is 19.4. The fourth-order valence-corrected chi connectivity index (χ4v) is 3.53. The van der Waals surface area contributed by atoms with Gasteiger partial charge in [-0.1, -0.05) is 0 Å². The Labute approximate surface area is 142 Å². The van der Waals surface area contributed by atoms with E-state index in [-0.39, 0.29) is 24.2 Å². The number of nitrogens with zero attached hydrogens (tertiary/aromatic N) is 3. The number of alkyl halides is 3. The van der Waals surface area contributed by atoms with Crippen LogP contribution in [0.4, 0.5) is 19.0 Å². The number of hydrogen-bond acceptors (Lipinski definition) is 4. The van der Waals surface area contributed by atoms with Gasteiger partial charge in [0.15, 0.2) is 0 Å². The van der Waals surface area contributed by atoms with E-state index in [0.29, 0.717) is 32.5 Å². The number of anilines is 1. The van der Waals surface area contributed by atoms with Crippen LogP contribution < -0.4 is 10.6 Å². The summed E-state index contributed by atoms with van der Waals surface area (Å²) in [6.45, 7) is 1.04. The van der Waals surface area contributed by atoms with Crippen LogP contribution in [0.2, 0.25) is 0 Å². The zero-order valence-electron chi connectivity index (χ0n) is 13.5. The summed E-state index contributed by atoms with van der Waals surface area (Å²) in [7, 11) is 0. The second-order valence-corrected chi connectivity index (χ2v) is 6.44. The van der Waals surface area contributed by atoms with E-state index in [9.17, 15) is 22.8 Å². The van der Waals surface area contributed by atoms with Gasteiger partial charge in [-0.05, 0) is 25.0 Å².